The third-order valence-corrected chi connectivity index (χ3v) is 2.94. The highest BCUT2D eigenvalue weighted by molar-refractivity contribution is 6.29. The maximum atomic E-state index is 10.6. The van der Waals surface area contributed by atoms with E-state index in [0.717, 1.165) is 11.3 Å². The van der Waals surface area contributed by atoms with Gasteiger partial charge in [-0.05, 0) is 24.6 Å². The van der Waals surface area contributed by atoms with Crippen LogP contribution in [0, 0.1) is 10.1 Å². The van der Waals surface area contributed by atoms with Crippen molar-refractivity contribution in [2.45, 2.75) is 13.0 Å². The molecular formula is C13H12ClN3O2. The Morgan fingerprint density at radius 1 is 1.26 bits per heavy atom. The number of pyridine rings is 1. The molecule has 0 aliphatic heterocycles. The van der Waals surface area contributed by atoms with Gasteiger partial charge in [0.2, 0.25) is 0 Å². The first kappa shape index (κ1) is 13.3. The van der Waals surface area contributed by atoms with Gasteiger partial charge >= 0.3 is 0 Å². The standard InChI is InChI=1S/C13H12ClN3O2/c1-9(16-11-4-7-13(14)15-8-11)10-2-5-12(6-3-10)17(18)19/h2-9,16H,1H3. The van der Waals surface area contributed by atoms with E-state index in [9.17, 15) is 10.1 Å². The van der Waals surface area contributed by atoms with Crippen LogP contribution in [-0.4, -0.2) is 9.91 Å². The number of benzene rings is 1. The van der Waals surface area contributed by atoms with Gasteiger partial charge in [-0.15, -0.1) is 0 Å². The van der Waals surface area contributed by atoms with Crippen molar-refractivity contribution in [3.05, 3.63) is 63.4 Å². The highest BCUT2D eigenvalue weighted by Crippen LogP contribution is 2.21. The number of aromatic nitrogens is 1. The first-order valence-electron chi connectivity index (χ1n) is 5.68. The predicted octanol–water partition coefficient (Wildman–Crippen LogP) is 3.82. The molecule has 0 fully saturated rings. The summed E-state index contributed by atoms with van der Waals surface area (Å²) in [6.07, 6.45) is 1.64. The van der Waals surface area contributed by atoms with Crippen molar-refractivity contribution in [1.82, 2.24) is 4.98 Å². The van der Waals surface area contributed by atoms with Crippen LogP contribution in [0.1, 0.15) is 18.5 Å². The van der Waals surface area contributed by atoms with Gasteiger partial charge in [0.1, 0.15) is 5.15 Å². The molecule has 19 heavy (non-hydrogen) atoms. The summed E-state index contributed by atoms with van der Waals surface area (Å²) >= 11 is 5.71. The number of halogens is 1. The van der Waals surface area contributed by atoms with Crippen LogP contribution in [0.25, 0.3) is 0 Å². The number of hydrogen-bond acceptors (Lipinski definition) is 4. The predicted molar refractivity (Wildman–Crippen MR) is 74.4 cm³/mol. The Morgan fingerprint density at radius 3 is 2.47 bits per heavy atom. The lowest BCUT2D eigenvalue weighted by atomic mass is 10.1. The van der Waals surface area contributed by atoms with Crippen LogP contribution in [0.4, 0.5) is 11.4 Å². The molecule has 6 heteroatoms. The van der Waals surface area contributed by atoms with Crippen LogP contribution >= 0.6 is 11.6 Å². The van der Waals surface area contributed by atoms with Gasteiger partial charge in [-0.3, -0.25) is 10.1 Å². The highest BCUT2D eigenvalue weighted by Gasteiger charge is 2.09. The Labute approximate surface area is 115 Å². The Hall–Kier alpha value is -2.14. The Balaban J connectivity index is 2.09. The van der Waals surface area contributed by atoms with E-state index in [0.29, 0.717) is 5.15 Å². The number of nitro benzene ring substituents is 1. The van der Waals surface area contributed by atoms with Crippen LogP contribution in [-0.2, 0) is 0 Å². The van der Waals surface area contributed by atoms with Crippen LogP contribution in [0.5, 0.6) is 0 Å². The quantitative estimate of drug-likeness (QED) is 0.524. The molecule has 1 heterocycles. The van der Waals surface area contributed by atoms with Crippen LogP contribution in [0.3, 0.4) is 0 Å². The zero-order valence-corrected chi connectivity index (χ0v) is 11.0. The first-order chi connectivity index (χ1) is 9.06. The molecule has 1 N–H and O–H groups in total. The van der Waals surface area contributed by atoms with Crippen molar-refractivity contribution in [2.24, 2.45) is 0 Å². The Morgan fingerprint density at radius 2 is 1.95 bits per heavy atom. The van der Waals surface area contributed by atoms with Gasteiger partial charge in [0, 0.05) is 18.2 Å². The van der Waals surface area contributed by atoms with E-state index in [1.807, 2.05) is 13.0 Å². The monoisotopic (exact) mass is 277 g/mol. The lowest BCUT2D eigenvalue weighted by Crippen LogP contribution is -2.06. The van der Waals surface area contributed by atoms with E-state index in [1.54, 1.807) is 24.4 Å². The zero-order chi connectivity index (χ0) is 13.8. The van der Waals surface area contributed by atoms with Gasteiger partial charge in [0.25, 0.3) is 5.69 Å². The van der Waals surface area contributed by atoms with Crippen LogP contribution in [0.2, 0.25) is 5.15 Å². The third-order valence-electron chi connectivity index (χ3n) is 2.71. The normalized spacial score (nSPS) is 11.9. The molecule has 0 amide bonds. The van der Waals surface area contributed by atoms with Gasteiger partial charge in [-0.2, -0.15) is 0 Å². The second kappa shape index (κ2) is 5.67. The Bertz CT molecular complexity index is 569. The molecule has 5 nitrogen and oxygen atoms in total. The van der Waals surface area contributed by atoms with Crippen molar-refractivity contribution < 1.29 is 4.92 Å². The van der Waals surface area contributed by atoms with Crippen molar-refractivity contribution in [1.29, 1.82) is 0 Å². The number of hydrogen-bond donors (Lipinski definition) is 1. The van der Waals surface area contributed by atoms with Gasteiger partial charge < -0.3 is 5.32 Å². The minimum Gasteiger partial charge on any atom is -0.377 e. The molecule has 98 valence electrons. The molecule has 1 aromatic heterocycles. The van der Waals surface area contributed by atoms with Crippen molar-refractivity contribution in [3.8, 4) is 0 Å². The molecule has 0 spiro atoms. The number of non-ortho nitro benzene ring substituents is 1. The van der Waals surface area contributed by atoms with Crippen molar-refractivity contribution in [2.75, 3.05) is 5.32 Å². The number of nitrogens with one attached hydrogen (secondary N) is 1. The van der Waals surface area contributed by atoms with E-state index in [-0.39, 0.29) is 11.7 Å². The van der Waals surface area contributed by atoms with E-state index in [4.69, 9.17) is 11.6 Å². The molecule has 1 atom stereocenters. The Kier molecular flexibility index (Phi) is 3.97. The van der Waals surface area contributed by atoms with E-state index in [2.05, 4.69) is 10.3 Å². The molecule has 1 aromatic carbocycles. The van der Waals surface area contributed by atoms with Crippen LogP contribution in [0.15, 0.2) is 42.6 Å². The fourth-order valence-corrected chi connectivity index (χ4v) is 1.79. The summed E-state index contributed by atoms with van der Waals surface area (Å²) in [7, 11) is 0. The summed E-state index contributed by atoms with van der Waals surface area (Å²) in [5.41, 5.74) is 1.89. The van der Waals surface area contributed by atoms with E-state index >= 15 is 0 Å². The number of anilines is 1. The van der Waals surface area contributed by atoms with Gasteiger partial charge in [-0.25, -0.2) is 4.98 Å². The average molecular weight is 278 g/mol. The topological polar surface area (TPSA) is 68.1 Å². The molecule has 0 bridgehead atoms. The summed E-state index contributed by atoms with van der Waals surface area (Å²) in [4.78, 5) is 14.1. The van der Waals surface area contributed by atoms with Gasteiger partial charge in [0.15, 0.2) is 0 Å². The summed E-state index contributed by atoms with van der Waals surface area (Å²) in [6, 6.07) is 10.0. The molecular weight excluding hydrogens is 266 g/mol. The van der Waals surface area contributed by atoms with Crippen molar-refractivity contribution >= 4 is 23.0 Å². The smallest absolute Gasteiger partial charge is 0.269 e. The molecule has 1 unspecified atom stereocenters. The molecule has 0 aliphatic carbocycles. The minimum atomic E-state index is -0.412. The second-order valence-electron chi connectivity index (χ2n) is 4.08. The fourth-order valence-electron chi connectivity index (χ4n) is 1.68. The summed E-state index contributed by atoms with van der Waals surface area (Å²) in [6.45, 7) is 1.97. The van der Waals surface area contributed by atoms with Gasteiger partial charge in [0.05, 0.1) is 16.8 Å². The summed E-state index contributed by atoms with van der Waals surface area (Å²) in [5, 5.41) is 14.3. The molecule has 0 aliphatic rings. The number of rotatable bonds is 4. The lowest BCUT2D eigenvalue weighted by Gasteiger charge is -2.15. The molecule has 0 saturated carbocycles. The summed E-state index contributed by atoms with van der Waals surface area (Å²) in [5.74, 6) is 0. The molecule has 2 rings (SSSR count). The molecule has 2 aromatic rings. The highest BCUT2D eigenvalue weighted by atomic mass is 35.5. The molecule has 0 radical (unpaired) electrons. The largest absolute Gasteiger partial charge is 0.377 e. The minimum absolute atomic E-state index is 0.0174. The van der Waals surface area contributed by atoms with Gasteiger partial charge in [-0.1, -0.05) is 23.7 Å². The average Bonchev–Trinajstić information content (AvgIpc) is 2.41. The maximum Gasteiger partial charge on any atom is 0.269 e. The second-order valence-corrected chi connectivity index (χ2v) is 4.47. The van der Waals surface area contributed by atoms with Crippen molar-refractivity contribution in [3.63, 3.8) is 0 Å². The number of nitro groups is 1. The SMILES string of the molecule is CC(Nc1ccc(Cl)nc1)c1ccc([N+](=O)[O-])cc1. The third kappa shape index (κ3) is 3.42. The van der Waals surface area contributed by atoms with Crippen LogP contribution < -0.4 is 5.32 Å². The maximum absolute atomic E-state index is 10.6. The lowest BCUT2D eigenvalue weighted by molar-refractivity contribution is -0.384. The first-order valence-corrected chi connectivity index (χ1v) is 6.06. The molecule has 0 saturated heterocycles. The van der Waals surface area contributed by atoms with E-state index in [1.165, 1.54) is 12.1 Å². The zero-order valence-electron chi connectivity index (χ0n) is 10.2. The van der Waals surface area contributed by atoms with E-state index < -0.39 is 4.92 Å². The summed E-state index contributed by atoms with van der Waals surface area (Å²) < 4.78 is 0. The fraction of sp³-hybridized carbons (Fsp3) is 0.154. The number of nitrogens with zero attached hydrogens (tertiary/aromatic N) is 2.